The fourth-order valence-electron chi connectivity index (χ4n) is 3.76. The van der Waals surface area contributed by atoms with Crippen molar-refractivity contribution in [2.75, 3.05) is 11.9 Å². The third-order valence-corrected chi connectivity index (χ3v) is 5.38. The number of anilines is 1. The second-order valence-corrected chi connectivity index (χ2v) is 7.49. The lowest BCUT2D eigenvalue weighted by atomic mass is 10.0. The molecule has 0 spiro atoms. The lowest BCUT2D eigenvalue weighted by Gasteiger charge is -2.33. The summed E-state index contributed by atoms with van der Waals surface area (Å²) < 4.78 is 1.37. The van der Waals surface area contributed by atoms with Crippen LogP contribution in [-0.2, 0) is 17.9 Å². The summed E-state index contributed by atoms with van der Waals surface area (Å²) in [5.74, 6) is -0.266. The number of carbonyl (C=O) groups excluding carboxylic acids is 1. The maximum atomic E-state index is 12.3. The van der Waals surface area contributed by atoms with E-state index < -0.39 is 4.92 Å². The molecule has 0 bridgehead atoms. The molecular formula is C20H27N5O3. The summed E-state index contributed by atoms with van der Waals surface area (Å²) >= 11 is 0. The molecule has 0 aliphatic carbocycles. The Hall–Kier alpha value is -2.74. The Morgan fingerprint density at radius 3 is 2.61 bits per heavy atom. The van der Waals surface area contributed by atoms with Crippen LogP contribution in [0.2, 0.25) is 0 Å². The molecule has 1 fully saturated rings. The molecule has 1 saturated heterocycles. The highest BCUT2D eigenvalue weighted by Crippen LogP contribution is 2.22. The molecule has 1 aliphatic rings. The fraction of sp³-hybridized carbons (Fsp3) is 0.500. The highest BCUT2D eigenvalue weighted by molar-refractivity contribution is 5.90. The predicted molar refractivity (Wildman–Crippen MR) is 107 cm³/mol. The molecule has 150 valence electrons. The number of likely N-dealkylation sites (tertiary alicyclic amines) is 1. The van der Waals surface area contributed by atoms with E-state index in [-0.39, 0.29) is 18.1 Å². The van der Waals surface area contributed by atoms with Crippen molar-refractivity contribution in [3.63, 3.8) is 0 Å². The van der Waals surface area contributed by atoms with Gasteiger partial charge in [-0.05, 0) is 57.9 Å². The first kappa shape index (κ1) is 20.0. The van der Waals surface area contributed by atoms with Gasteiger partial charge in [-0.3, -0.25) is 24.5 Å². The molecule has 1 N–H and O–H groups in total. The van der Waals surface area contributed by atoms with Crippen molar-refractivity contribution in [3.05, 3.63) is 51.3 Å². The maximum absolute atomic E-state index is 12.3. The third-order valence-electron chi connectivity index (χ3n) is 5.38. The summed E-state index contributed by atoms with van der Waals surface area (Å²) in [6, 6.07) is 8.46. The Balaban J connectivity index is 1.59. The van der Waals surface area contributed by atoms with Gasteiger partial charge < -0.3 is 5.32 Å². The van der Waals surface area contributed by atoms with E-state index in [9.17, 15) is 14.9 Å². The molecule has 1 aliphatic heterocycles. The van der Waals surface area contributed by atoms with Crippen LogP contribution in [0.1, 0.15) is 43.1 Å². The molecule has 8 heteroatoms. The van der Waals surface area contributed by atoms with Gasteiger partial charge in [0.05, 0.1) is 4.92 Å². The van der Waals surface area contributed by atoms with Crippen molar-refractivity contribution < 1.29 is 9.72 Å². The largest absolute Gasteiger partial charge is 0.324 e. The minimum absolute atomic E-state index is 0.0379. The van der Waals surface area contributed by atoms with Gasteiger partial charge >= 0.3 is 5.69 Å². The molecule has 1 atom stereocenters. The lowest BCUT2D eigenvalue weighted by Crippen LogP contribution is -2.36. The second-order valence-electron chi connectivity index (χ2n) is 7.49. The van der Waals surface area contributed by atoms with E-state index in [4.69, 9.17) is 0 Å². The number of aryl methyl sites for hydroxylation is 1. The summed E-state index contributed by atoms with van der Waals surface area (Å²) in [7, 11) is 0. The van der Waals surface area contributed by atoms with Crippen LogP contribution in [0.15, 0.2) is 24.3 Å². The zero-order valence-corrected chi connectivity index (χ0v) is 16.6. The van der Waals surface area contributed by atoms with Crippen molar-refractivity contribution in [1.29, 1.82) is 0 Å². The van der Waals surface area contributed by atoms with Crippen LogP contribution in [0.4, 0.5) is 11.4 Å². The van der Waals surface area contributed by atoms with Gasteiger partial charge in [-0.25, -0.2) is 0 Å². The van der Waals surface area contributed by atoms with Gasteiger partial charge in [-0.15, -0.1) is 0 Å². The summed E-state index contributed by atoms with van der Waals surface area (Å²) in [5.41, 5.74) is 2.58. The molecule has 1 unspecified atom stereocenters. The normalized spacial score (nSPS) is 17.5. The molecule has 1 aromatic heterocycles. The zero-order valence-electron chi connectivity index (χ0n) is 16.6. The Morgan fingerprint density at radius 1 is 1.29 bits per heavy atom. The lowest BCUT2D eigenvalue weighted by molar-refractivity contribution is -0.386. The zero-order chi connectivity index (χ0) is 20.3. The van der Waals surface area contributed by atoms with Gasteiger partial charge in [0.15, 0.2) is 0 Å². The number of aromatic nitrogens is 2. The Kier molecular flexibility index (Phi) is 6.08. The number of carbonyl (C=O) groups is 1. The number of hydrogen-bond donors (Lipinski definition) is 1. The van der Waals surface area contributed by atoms with E-state index in [1.807, 2.05) is 24.3 Å². The van der Waals surface area contributed by atoms with Gasteiger partial charge in [0.1, 0.15) is 17.9 Å². The van der Waals surface area contributed by atoms with Crippen LogP contribution in [0, 0.1) is 24.0 Å². The molecule has 3 rings (SSSR count). The number of nitrogens with one attached hydrogen (secondary N) is 1. The monoisotopic (exact) mass is 385 g/mol. The number of nitrogens with zero attached hydrogens (tertiary/aromatic N) is 4. The number of piperidine rings is 1. The van der Waals surface area contributed by atoms with Crippen LogP contribution in [0.3, 0.4) is 0 Å². The van der Waals surface area contributed by atoms with Gasteiger partial charge in [0.25, 0.3) is 0 Å². The van der Waals surface area contributed by atoms with Crippen LogP contribution in [-0.4, -0.2) is 38.1 Å². The number of nitro groups is 1. The van der Waals surface area contributed by atoms with Crippen molar-refractivity contribution in [3.8, 4) is 0 Å². The highest BCUT2D eigenvalue weighted by Gasteiger charge is 2.23. The minimum Gasteiger partial charge on any atom is -0.324 e. The number of hydrogen-bond acceptors (Lipinski definition) is 5. The van der Waals surface area contributed by atoms with Crippen molar-refractivity contribution in [2.45, 2.75) is 59.2 Å². The van der Waals surface area contributed by atoms with Gasteiger partial charge in [0, 0.05) is 18.3 Å². The standard InChI is InChI=1S/C20H27N5O3/c1-14-6-4-5-11-23(14)12-17-7-9-18(10-8-17)21-19(26)13-24-16(3)20(25(27)28)15(2)22-24/h7-10,14H,4-6,11-13H2,1-3H3,(H,21,26). The molecule has 1 aromatic carbocycles. The summed E-state index contributed by atoms with van der Waals surface area (Å²) in [4.78, 5) is 25.4. The maximum Gasteiger partial charge on any atom is 0.312 e. The van der Waals surface area contributed by atoms with E-state index in [0.717, 1.165) is 13.1 Å². The summed E-state index contributed by atoms with van der Waals surface area (Å²) in [5, 5.41) is 18.0. The Bertz CT molecular complexity index is 859. The molecule has 8 nitrogen and oxygen atoms in total. The van der Waals surface area contributed by atoms with E-state index >= 15 is 0 Å². The topological polar surface area (TPSA) is 93.3 Å². The van der Waals surface area contributed by atoms with E-state index in [1.54, 1.807) is 13.8 Å². The van der Waals surface area contributed by atoms with E-state index in [0.29, 0.717) is 23.1 Å². The Morgan fingerprint density at radius 2 is 2.00 bits per heavy atom. The number of rotatable bonds is 6. The summed E-state index contributed by atoms with van der Waals surface area (Å²) in [6.45, 7) is 7.44. The number of benzene rings is 1. The molecule has 28 heavy (non-hydrogen) atoms. The quantitative estimate of drug-likeness (QED) is 0.607. The van der Waals surface area contributed by atoms with Crippen LogP contribution < -0.4 is 5.32 Å². The van der Waals surface area contributed by atoms with Gasteiger partial charge in [-0.2, -0.15) is 5.10 Å². The van der Waals surface area contributed by atoms with Crippen LogP contribution >= 0.6 is 0 Å². The summed E-state index contributed by atoms with van der Waals surface area (Å²) in [6.07, 6.45) is 3.81. The highest BCUT2D eigenvalue weighted by atomic mass is 16.6. The van der Waals surface area contributed by atoms with Gasteiger partial charge in [0.2, 0.25) is 5.91 Å². The van der Waals surface area contributed by atoms with Gasteiger partial charge in [-0.1, -0.05) is 18.6 Å². The first-order valence-corrected chi connectivity index (χ1v) is 9.66. The molecule has 0 radical (unpaired) electrons. The van der Waals surface area contributed by atoms with E-state index in [1.165, 1.54) is 29.5 Å². The average molecular weight is 385 g/mol. The van der Waals surface area contributed by atoms with Crippen molar-refractivity contribution in [2.24, 2.45) is 0 Å². The number of amides is 1. The molecule has 1 amide bonds. The molecular weight excluding hydrogens is 358 g/mol. The smallest absolute Gasteiger partial charge is 0.312 e. The first-order valence-electron chi connectivity index (χ1n) is 9.66. The SMILES string of the molecule is Cc1nn(CC(=O)Nc2ccc(CN3CCCCC3C)cc2)c(C)c1[N+](=O)[O-]. The second kappa shape index (κ2) is 8.52. The predicted octanol–water partition coefficient (Wildman–Crippen LogP) is 3.42. The van der Waals surface area contributed by atoms with Crippen LogP contribution in [0.5, 0.6) is 0 Å². The molecule has 2 heterocycles. The Labute approximate surface area is 164 Å². The van der Waals surface area contributed by atoms with Crippen molar-refractivity contribution in [1.82, 2.24) is 14.7 Å². The minimum atomic E-state index is -0.464. The third kappa shape index (κ3) is 4.56. The molecule has 0 saturated carbocycles. The van der Waals surface area contributed by atoms with Crippen LogP contribution in [0.25, 0.3) is 0 Å². The van der Waals surface area contributed by atoms with E-state index in [2.05, 4.69) is 22.2 Å². The average Bonchev–Trinajstić information content (AvgIpc) is 2.92. The van der Waals surface area contributed by atoms with Crippen molar-refractivity contribution >= 4 is 17.3 Å². The first-order chi connectivity index (χ1) is 13.3. The molecule has 2 aromatic rings. The fourth-order valence-corrected chi connectivity index (χ4v) is 3.76.